The second kappa shape index (κ2) is 9.47. The SMILES string of the molecule is CCNC(=O)N[C@H]1CCCC[C@]12CN(Cc1ccc(O)c(OCC)c1)CCO2. The summed E-state index contributed by atoms with van der Waals surface area (Å²) in [6, 6.07) is 5.44. The van der Waals surface area contributed by atoms with E-state index >= 15 is 0 Å². The number of hydrogen-bond donors (Lipinski definition) is 3. The van der Waals surface area contributed by atoms with E-state index in [-0.39, 0.29) is 23.4 Å². The van der Waals surface area contributed by atoms with Crippen molar-refractivity contribution in [3.8, 4) is 11.5 Å². The number of nitrogens with one attached hydrogen (secondary N) is 2. The van der Waals surface area contributed by atoms with Gasteiger partial charge in [0.1, 0.15) is 5.60 Å². The number of rotatable bonds is 6. The minimum Gasteiger partial charge on any atom is -0.504 e. The maximum atomic E-state index is 12.1. The first-order valence-electron chi connectivity index (χ1n) is 10.4. The number of ether oxygens (including phenoxy) is 2. The lowest BCUT2D eigenvalue weighted by molar-refractivity contribution is -0.142. The molecule has 0 bridgehead atoms. The number of carbonyl (C=O) groups is 1. The molecule has 2 fully saturated rings. The van der Waals surface area contributed by atoms with Crippen LogP contribution in [0.25, 0.3) is 0 Å². The van der Waals surface area contributed by atoms with Gasteiger partial charge in [0.2, 0.25) is 0 Å². The second-order valence-corrected chi connectivity index (χ2v) is 7.66. The molecular formula is C21H33N3O4. The molecule has 1 saturated heterocycles. The Balaban J connectivity index is 1.69. The predicted octanol–water partition coefficient (Wildman–Crippen LogP) is 2.62. The van der Waals surface area contributed by atoms with Crippen LogP contribution in [0, 0.1) is 0 Å². The van der Waals surface area contributed by atoms with E-state index < -0.39 is 0 Å². The van der Waals surface area contributed by atoms with Crippen molar-refractivity contribution < 1.29 is 19.4 Å². The number of phenolic OH excluding ortho intramolecular Hbond substituents is 1. The lowest BCUT2D eigenvalue weighted by atomic mass is 9.79. The first-order valence-corrected chi connectivity index (χ1v) is 10.4. The maximum Gasteiger partial charge on any atom is 0.315 e. The summed E-state index contributed by atoms with van der Waals surface area (Å²) in [5, 5.41) is 15.9. The van der Waals surface area contributed by atoms with E-state index in [0.717, 1.165) is 50.9 Å². The molecule has 1 spiro atoms. The van der Waals surface area contributed by atoms with Gasteiger partial charge in [-0.15, -0.1) is 0 Å². The Bertz CT molecular complexity index is 665. The van der Waals surface area contributed by atoms with Crippen molar-refractivity contribution >= 4 is 6.03 Å². The number of hydrogen-bond acceptors (Lipinski definition) is 5. The molecule has 1 aromatic carbocycles. The summed E-state index contributed by atoms with van der Waals surface area (Å²) in [6.45, 7) is 8.01. The summed E-state index contributed by atoms with van der Waals surface area (Å²) in [6.07, 6.45) is 4.13. The fourth-order valence-electron chi connectivity index (χ4n) is 4.35. The van der Waals surface area contributed by atoms with E-state index in [1.165, 1.54) is 0 Å². The lowest BCUT2D eigenvalue weighted by Crippen LogP contribution is -2.64. The third-order valence-electron chi connectivity index (χ3n) is 5.64. The molecule has 0 aromatic heterocycles. The molecule has 0 radical (unpaired) electrons. The van der Waals surface area contributed by atoms with Crippen molar-refractivity contribution in [2.45, 2.75) is 57.7 Å². The molecule has 28 heavy (non-hydrogen) atoms. The number of morpholine rings is 1. The number of benzene rings is 1. The van der Waals surface area contributed by atoms with Crippen LogP contribution in [-0.4, -0.2) is 60.5 Å². The highest BCUT2D eigenvalue weighted by atomic mass is 16.5. The van der Waals surface area contributed by atoms with Crippen LogP contribution < -0.4 is 15.4 Å². The van der Waals surface area contributed by atoms with Crippen molar-refractivity contribution in [3.05, 3.63) is 23.8 Å². The number of carbonyl (C=O) groups excluding carboxylic acids is 1. The lowest BCUT2D eigenvalue weighted by Gasteiger charge is -2.49. The summed E-state index contributed by atoms with van der Waals surface area (Å²) in [5.41, 5.74) is 0.767. The third-order valence-corrected chi connectivity index (χ3v) is 5.64. The zero-order valence-electron chi connectivity index (χ0n) is 17.0. The average Bonchev–Trinajstić information content (AvgIpc) is 2.67. The van der Waals surface area contributed by atoms with Gasteiger partial charge in [0, 0.05) is 26.2 Å². The number of nitrogens with zero attached hydrogens (tertiary/aromatic N) is 1. The van der Waals surface area contributed by atoms with Crippen LogP contribution >= 0.6 is 0 Å². The first-order chi connectivity index (χ1) is 13.6. The van der Waals surface area contributed by atoms with Gasteiger partial charge in [-0.05, 0) is 44.4 Å². The topological polar surface area (TPSA) is 83.1 Å². The minimum absolute atomic E-state index is 0.0226. The van der Waals surface area contributed by atoms with Gasteiger partial charge < -0.3 is 25.2 Å². The van der Waals surface area contributed by atoms with Gasteiger partial charge in [0.15, 0.2) is 11.5 Å². The van der Waals surface area contributed by atoms with Gasteiger partial charge in [-0.3, -0.25) is 4.90 Å². The molecule has 7 heteroatoms. The monoisotopic (exact) mass is 391 g/mol. The van der Waals surface area contributed by atoms with E-state index in [0.29, 0.717) is 25.5 Å². The fraction of sp³-hybridized carbons (Fsp3) is 0.667. The van der Waals surface area contributed by atoms with Crippen molar-refractivity contribution in [1.29, 1.82) is 0 Å². The molecule has 156 valence electrons. The number of phenols is 1. The van der Waals surface area contributed by atoms with Gasteiger partial charge in [0.05, 0.1) is 19.3 Å². The van der Waals surface area contributed by atoms with Crippen LogP contribution in [0.5, 0.6) is 11.5 Å². The third kappa shape index (κ3) is 4.89. The predicted molar refractivity (Wildman–Crippen MR) is 108 cm³/mol. The Morgan fingerprint density at radius 2 is 2.25 bits per heavy atom. The molecule has 3 rings (SSSR count). The molecule has 1 saturated carbocycles. The molecular weight excluding hydrogens is 358 g/mol. The maximum absolute atomic E-state index is 12.1. The Labute approximate surface area is 167 Å². The number of urea groups is 1. The van der Waals surface area contributed by atoms with Gasteiger partial charge in [-0.25, -0.2) is 4.79 Å². The molecule has 2 atom stereocenters. The molecule has 1 aliphatic heterocycles. The highest BCUT2D eigenvalue weighted by Gasteiger charge is 2.45. The van der Waals surface area contributed by atoms with E-state index in [1.807, 2.05) is 26.0 Å². The zero-order chi connectivity index (χ0) is 20.0. The van der Waals surface area contributed by atoms with Crippen molar-refractivity contribution in [3.63, 3.8) is 0 Å². The highest BCUT2D eigenvalue weighted by molar-refractivity contribution is 5.74. The molecule has 0 unspecified atom stereocenters. The van der Waals surface area contributed by atoms with E-state index in [1.54, 1.807) is 6.07 Å². The summed E-state index contributed by atoms with van der Waals surface area (Å²) in [7, 11) is 0. The molecule has 3 N–H and O–H groups in total. The van der Waals surface area contributed by atoms with E-state index in [9.17, 15) is 9.90 Å². The quantitative estimate of drug-likeness (QED) is 0.694. The Kier molecular flexibility index (Phi) is 7.02. The molecule has 7 nitrogen and oxygen atoms in total. The van der Waals surface area contributed by atoms with Gasteiger partial charge in [0.25, 0.3) is 0 Å². The summed E-state index contributed by atoms with van der Waals surface area (Å²) in [4.78, 5) is 14.5. The molecule has 2 aliphatic rings. The van der Waals surface area contributed by atoms with Crippen LogP contribution in [0.2, 0.25) is 0 Å². The number of aromatic hydroxyl groups is 1. The van der Waals surface area contributed by atoms with Crippen molar-refractivity contribution in [2.24, 2.45) is 0 Å². The van der Waals surface area contributed by atoms with Crippen LogP contribution in [-0.2, 0) is 11.3 Å². The standard InChI is InChI=1S/C21H33N3O4/c1-3-22-20(26)23-19-7-5-6-10-21(19)15-24(11-12-28-21)14-16-8-9-17(25)18(13-16)27-4-2/h8-9,13,19,25H,3-7,10-12,14-15H2,1-2H3,(H2,22,23,26)/t19-,21-/m0/s1. The molecule has 2 amide bonds. The smallest absolute Gasteiger partial charge is 0.315 e. The highest BCUT2D eigenvalue weighted by Crippen LogP contribution is 2.36. The van der Waals surface area contributed by atoms with Crippen LogP contribution in [0.3, 0.4) is 0 Å². The minimum atomic E-state index is -0.332. The van der Waals surface area contributed by atoms with Gasteiger partial charge in [-0.1, -0.05) is 18.9 Å². The Morgan fingerprint density at radius 1 is 1.39 bits per heavy atom. The summed E-state index contributed by atoms with van der Waals surface area (Å²) in [5.74, 6) is 0.693. The molecule has 1 aliphatic carbocycles. The van der Waals surface area contributed by atoms with Gasteiger partial charge in [-0.2, -0.15) is 0 Å². The zero-order valence-corrected chi connectivity index (χ0v) is 17.0. The van der Waals surface area contributed by atoms with Crippen LogP contribution in [0.15, 0.2) is 18.2 Å². The normalized spacial score (nSPS) is 25.4. The van der Waals surface area contributed by atoms with E-state index in [4.69, 9.17) is 9.47 Å². The van der Waals surface area contributed by atoms with Crippen molar-refractivity contribution in [2.75, 3.05) is 32.8 Å². The summed E-state index contributed by atoms with van der Waals surface area (Å²) < 4.78 is 11.8. The first kappa shape index (κ1) is 20.7. The van der Waals surface area contributed by atoms with Crippen LogP contribution in [0.1, 0.15) is 45.1 Å². The second-order valence-electron chi connectivity index (χ2n) is 7.66. The molecule has 1 heterocycles. The van der Waals surface area contributed by atoms with E-state index in [2.05, 4.69) is 15.5 Å². The summed E-state index contributed by atoms with van der Waals surface area (Å²) >= 11 is 0. The average molecular weight is 392 g/mol. The van der Waals surface area contributed by atoms with Crippen LogP contribution in [0.4, 0.5) is 4.79 Å². The molecule has 1 aromatic rings. The Hall–Kier alpha value is -1.99. The Morgan fingerprint density at radius 3 is 3.04 bits per heavy atom. The van der Waals surface area contributed by atoms with Crippen molar-refractivity contribution in [1.82, 2.24) is 15.5 Å². The number of amides is 2. The fourth-order valence-corrected chi connectivity index (χ4v) is 4.35. The largest absolute Gasteiger partial charge is 0.504 e. The van der Waals surface area contributed by atoms with Gasteiger partial charge >= 0.3 is 6.03 Å².